The Morgan fingerprint density at radius 3 is 2.60 bits per heavy atom. The van der Waals surface area contributed by atoms with E-state index in [1.807, 2.05) is 41.8 Å². The van der Waals surface area contributed by atoms with Crippen LogP contribution in [0.4, 0.5) is 0 Å². The number of allylic oxidation sites excluding steroid dienone is 2. The maximum absolute atomic E-state index is 12.7. The van der Waals surface area contributed by atoms with E-state index in [2.05, 4.69) is 0 Å². The molecule has 0 fully saturated rings. The number of ketones is 1. The average Bonchev–Trinajstić information content (AvgIpc) is 3.16. The third kappa shape index (κ3) is 3.66. The number of benzene rings is 1. The molecule has 0 spiro atoms. The van der Waals surface area contributed by atoms with Crippen LogP contribution in [0.25, 0.3) is 5.57 Å². The van der Waals surface area contributed by atoms with Crippen LogP contribution >= 0.6 is 11.3 Å². The Labute approximate surface area is 151 Å². The van der Waals surface area contributed by atoms with Crippen molar-refractivity contribution in [3.8, 4) is 5.75 Å². The summed E-state index contributed by atoms with van der Waals surface area (Å²) in [6, 6.07) is 11.5. The van der Waals surface area contributed by atoms with Gasteiger partial charge in [-0.25, -0.2) is 0 Å². The molecule has 0 radical (unpaired) electrons. The normalized spacial score (nSPS) is 20.1. The van der Waals surface area contributed by atoms with Crippen LogP contribution in [-0.2, 0) is 14.3 Å². The van der Waals surface area contributed by atoms with Gasteiger partial charge in [-0.05, 0) is 54.1 Å². The second-order valence-electron chi connectivity index (χ2n) is 5.86. The van der Waals surface area contributed by atoms with Crippen LogP contribution in [0.5, 0.6) is 5.75 Å². The number of carbonyl (C=O) groups is 2. The molecule has 0 aliphatic heterocycles. The van der Waals surface area contributed by atoms with Gasteiger partial charge < -0.3 is 9.47 Å². The van der Waals surface area contributed by atoms with Crippen LogP contribution < -0.4 is 4.74 Å². The zero-order valence-corrected chi connectivity index (χ0v) is 15.0. The first kappa shape index (κ1) is 17.4. The van der Waals surface area contributed by atoms with Crippen molar-refractivity contribution < 1.29 is 19.1 Å². The van der Waals surface area contributed by atoms with Crippen molar-refractivity contribution in [1.29, 1.82) is 0 Å². The summed E-state index contributed by atoms with van der Waals surface area (Å²) in [4.78, 5) is 26.2. The number of ether oxygens (including phenoxy) is 2. The van der Waals surface area contributed by atoms with Gasteiger partial charge in [-0.15, -0.1) is 11.3 Å². The molecule has 5 heteroatoms. The lowest BCUT2D eigenvalue weighted by Gasteiger charge is -2.29. The van der Waals surface area contributed by atoms with E-state index in [1.54, 1.807) is 31.4 Å². The smallest absolute Gasteiger partial charge is 0.317 e. The molecule has 1 aromatic carbocycles. The topological polar surface area (TPSA) is 52.6 Å². The summed E-state index contributed by atoms with van der Waals surface area (Å²) in [6.45, 7) is 2.01. The van der Waals surface area contributed by atoms with Gasteiger partial charge in [-0.1, -0.05) is 18.2 Å². The van der Waals surface area contributed by atoms with Gasteiger partial charge in [0.15, 0.2) is 5.78 Å². The molecule has 0 saturated carbocycles. The molecular formula is C20H20O4S. The fourth-order valence-electron chi connectivity index (χ4n) is 3.18. The predicted molar refractivity (Wildman–Crippen MR) is 97.8 cm³/mol. The highest BCUT2D eigenvalue weighted by molar-refractivity contribution is 7.11. The molecule has 0 bridgehead atoms. The number of thiophene rings is 1. The first-order valence-corrected chi connectivity index (χ1v) is 9.11. The number of hydrogen-bond donors (Lipinski definition) is 0. The number of methoxy groups -OCH3 is 1. The SMILES string of the molecule is CCOC(=O)C1C(=O)C=C(c2cccs2)CC1c1ccc(OC)cc1. The van der Waals surface area contributed by atoms with E-state index in [-0.39, 0.29) is 18.3 Å². The molecule has 1 aromatic heterocycles. The molecule has 2 unspecified atom stereocenters. The number of esters is 1. The summed E-state index contributed by atoms with van der Waals surface area (Å²) in [5, 5.41) is 1.99. The van der Waals surface area contributed by atoms with Gasteiger partial charge in [0.05, 0.1) is 13.7 Å². The van der Waals surface area contributed by atoms with Gasteiger partial charge in [-0.2, -0.15) is 0 Å². The second kappa shape index (κ2) is 7.66. The summed E-state index contributed by atoms with van der Waals surface area (Å²) >= 11 is 1.60. The molecule has 1 aliphatic rings. The molecule has 3 rings (SSSR count). The Balaban J connectivity index is 1.98. The van der Waals surface area contributed by atoms with Crippen molar-refractivity contribution in [2.45, 2.75) is 19.3 Å². The minimum Gasteiger partial charge on any atom is -0.497 e. The van der Waals surface area contributed by atoms with Gasteiger partial charge >= 0.3 is 5.97 Å². The number of hydrogen-bond acceptors (Lipinski definition) is 5. The molecule has 0 amide bonds. The molecule has 4 nitrogen and oxygen atoms in total. The minimum atomic E-state index is -0.794. The maximum atomic E-state index is 12.7. The molecule has 2 atom stereocenters. The lowest BCUT2D eigenvalue weighted by atomic mass is 9.74. The van der Waals surface area contributed by atoms with Crippen LogP contribution in [0.1, 0.15) is 29.7 Å². The van der Waals surface area contributed by atoms with Crippen molar-refractivity contribution in [2.75, 3.05) is 13.7 Å². The molecule has 1 aliphatic carbocycles. The van der Waals surface area contributed by atoms with Gasteiger partial charge in [0.1, 0.15) is 11.7 Å². The van der Waals surface area contributed by atoms with Crippen LogP contribution in [0.2, 0.25) is 0 Å². The fourth-order valence-corrected chi connectivity index (χ4v) is 3.93. The molecule has 0 N–H and O–H groups in total. The number of carbonyl (C=O) groups excluding carboxylic acids is 2. The van der Waals surface area contributed by atoms with E-state index in [1.165, 1.54) is 0 Å². The van der Waals surface area contributed by atoms with Gasteiger partial charge in [0, 0.05) is 10.8 Å². The minimum absolute atomic E-state index is 0.186. The van der Waals surface area contributed by atoms with Crippen LogP contribution in [0.15, 0.2) is 47.9 Å². The van der Waals surface area contributed by atoms with Crippen LogP contribution in [-0.4, -0.2) is 25.5 Å². The Morgan fingerprint density at radius 1 is 1.24 bits per heavy atom. The van der Waals surface area contributed by atoms with Gasteiger partial charge in [-0.3, -0.25) is 9.59 Å². The molecular weight excluding hydrogens is 336 g/mol. The Kier molecular flexibility index (Phi) is 5.34. The second-order valence-corrected chi connectivity index (χ2v) is 6.81. The number of rotatable bonds is 5. The van der Waals surface area contributed by atoms with E-state index in [0.717, 1.165) is 21.8 Å². The zero-order valence-electron chi connectivity index (χ0n) is 14.2. The largest absolute Gasteiger partial charge is 0.497 e. The van der Waals surface area contributed by atoms with E-state index in [9.17, 15) is 9.59 Å². The Hall–Kier alpha value is -2.40. The van der Waals surface area contributed by atoms with Crippen molar-refractivity contribution in [1.82, 2.24) is 0 Å². The monoisotopic (exact) mass is 356 g/mol. The standard InChI is InChI=1S/C20H20O4S/c1-3-24-20(22)19-16(13-6-8-15(23-2)9-7-13)11-14(12-17(19)21)18-5-4-10-25-18/h4-10,12,16,19H,3,11H2,1-2H3. The van der Waals surface area contributed by atoms with Crippen LogP contribution in [0.3, 0.4) is 0 Å². The first-order chi connectivity index (χ1) is 12.1. The summed E-state index contributed by atoms with van der Waals surface area (Å²) in [5.41, 5.74) is 1.91. The fraction of sp³-hybridized carbons (Fsp3) is 0.300. The van der Waals surface area contributed by atoms with Gasteiger partial charge in [0.2, 0.25) is 0 Å². The lowest BCUT2D eigenvalue weighted by molar-refractivity contribution is -0.151. The summed E-state index contributed by atoms with van der Waals surface area (Å²) in [7, 11) is 1.61. The molecule has 1 heterocycles. The van der Waals surface area contributed by atoms with Crippen molar-refractivity contribution in [3.05, 3.63) is 58.3 Å². The van der Waals surface area contributed by atoms with Crippen molar-refractivity contribution >= 4 is 28.7 Å². The third-order valence-corrected chi connectivity index (χ3v) is 5.33. The zero-order chi connectivity index (χ0) is 17.8. The molecule has 130 valence electrons. The summed E-state index contributed by atoms with van der Waals surface area (Å²) in [5.74, 6) is -0.923. The highest BCUT2D eigenvalue weighted by Crippen LogP contribution is 2.41. The first-order valence-electron chi connectivity index (χ1n) is 8.23. The summed E-state index contributed by atoms with van der Waals surface area (Å²) in [6.07, 6.45) is 2.23. The van der Waals surface area contributed by atoms with Crippen molar-refractivity contribution in [2.24, 2.45) is 5.92 Å². The summed E-state index contributed by atoms with van der Waals surface area (Å²) < 4.78 is 10.4. The highest BCUT2D eigenvalue weighted by Gasteiger charge is 2.39. The molecule has 25 heavy (non-hydrogen) atoms. The van der Waals surface area contributed by atoms with E-state index < -0.39 is 11.9 Å². The van der Waals surface area contributed by atoms with E-state index in [4.69, 9.17) is 9.47 Å². The van der Waals surface area contributed by atoms with E-state index in [0.29, 0.717) is 6.42 Å². The highest BCUT2D eigenvalue weighted by atomic mass is 32.1. The Bertz CT molecular complexity index is 775. The van der Waals surface area contributed by atoms with E-state index >= 15 is 0 Å². The van der Waals surface area contributed by atoms with Crippen LogP contribution in [0, 0.1) is 5.92 Å². The Morgan fingerprint density at radius 2 is 2.00 bits per heavy atom. The van der Waals surface area contributed by atoms with Crippen molar-refractivity contribution in [3.63, 3.8) is 0 Å². The molecule has 2 aromatic rings. The van der Waals surface area contributed by atoms with Gasteiger partial charge in [0.25, 0.3) is 0 Å². The third-order valence-electron chi connectivity index (χ3n) is 4.39. The predicted octanol–water partition coefficient (Wildman–Crippen LogP) is 4.08. The quantitative estimate of drug-likeness (QED) is 0.598. The average molecular weight is 356 g/mol. The maximum Gasteiger partial charge on any atom is 0.317 e. The molecule has 0 saturated heterocycles. The lowest BCUT2D eigenvalue weighted by Crippen LogP contribution is -2.33.